The fourth-order valence-corrected chi connectivity index (χ4v) is 7.30. The van der Waals surface area contributed by atoms with E-state index in [1.807, 2.05) is 40.1 Å². The van der Waals surface area contributed by atoms with Gasteiger partial charge in [-0.3, -0.25) is 24.7 Å². The maximum Gasteiger partial charge on any atom is 0.410 e. The molecule has 3 aliphatic heterocycles. The highest BCUT2D eigenvalue weighted by Crippen LogP contribution is 2.53. The molecular weight excluding hydrogens is 574 g/mol. The van der Waals surface area contributed by atoms with E-state index in [2.05, 4.69) is 10.2 Å². The SMILES string of the molecule is COc1ccc(C(=O)N2CCC3(CC2)CC(CCN2CCN(C(=O)OCc4ccccc4)CC2)C3)cc1N1CCC(=O)NC1=O. The first-order chi connectivity index (χ1) is 21.8. The Morgan fingerprint density at radius 1 is 0.911 bits per heavy atom. The van der Waals surface area contributed by atoms with Gasteiger partial charge in [-0.05, 0) is 73.7 Å². The Bertz CT molecular complexity index is 1390. The molecule has 0 radical (unpaired) electrons. The van der Waals surface area contributed by atoms with Crippen LogP contribution in [-0.4, -0.2) is 98.1 Å². The average molecular weight is 618 g/mol. The Hall–Kier alpha value is -4.12. The molecule has 11 heteroatoms. The molecule has 3 heterocycles. The van der Waals surface area contributed by atoms with Crippen molar-refractivity contribution >= 4 is 29.6 Å². The number of carbonyl (C=O) groups is 4. The third-order valence-electron chi connectivity index (χ3n) is 10.0. The van der Waals surface area contributed by atoms with Crippen molar-refractivity contribution in [1.29, 1.82) is 0 Å². The molecule has 1 spiro atoms. The van der Waals surface area contributed by atoms with E-state index in [9.17, 15) is 19.2 Å². The molecule has 3 saturated heterocycles. The van der Waals surface area contributed by atoms with Crippen LogP contribution in [0.4, 0.5) is 15.3 Å². The minimum Gasteiger partial charge on any atom is -0.495 e. The van der Waals surface area contributed by atoms with E-state index in [-0.39, 0.29) is 30.9 Å². The summed E-state index contributed by atoms with van der Waals surface area (Å²) in [6.45, 7) is 6.22. The monoisotopic (exact) mass is 617 g/mol. The van der Waals surface area contributed by atoms with E-state index in [0.29, 0.717) is 48.0 Å². The molecule has 1 aliphatic carbocycles. The topological polar surface area (TPSA) is 112 Å². The standard InChI is InChI=1S/C34H43N5O6/c1-44-29-8-7-27(21-28(29)39-14-10-30(40)35-32(39)42)31(41)37-15-11-34(12-16-37)22-26(23-34)9-13-36-17-19-38(20-18-36)33(43)45-24-25-5-3-2-4-6-25/h2-8,21,26H,9-20,22-24H2,1H3,(H,35,40,42). The number of amides is 5. The lowest BCUT2D eigenvalue weighted by Crippen LogP contribution is -2.51. The lowest BCUT2D eigenvalue weighted by atomic mass is 9.57. The predicted octanol–water partition coefficient (Wildman–Crippen LogP) is 4.12. The first-order valence-electron chi connectivity index (χ1n) is 16.1. The number of benzene rings is 2. The number of nitrogens with one attached hydrogen (secondary N) is 1. The van der Waals surface area contributed by atoms with Gasteiger partial charge in [0.25, 0.3) is 5.91 Å². The van der Waals surface area contributed by atoms with Crippen LogP contribution in [0.5, 0.6) is 5.75 Å². The van der Waals surface area contributed by atoms with Crippen LogP contribution in [0.2, 0.25) is 0 Å². The van der Waals surface area contributed by atoms with E-state index in [0.717, 1.165) is 51.1 Å². The number of likely N-dealkylation sites (tertiary alicyclic amines) is 1. The first kappa shape index (κ1) is 30.9. The number of ether oxygens (including phenoxy) is 2. The van der Waals surface area contributed by atoms with Crippen molar-refractivity contribution in [2.45, 2.75) is 45.1 Å². The second kappa shape index (κ2) is 13.5. The Kier molecular flexibility index (Phi) is 9.25. The number of methoxy groups -OCH3 is 1. The number of imide groups is 1. The highest BCUT2D eigenvalue weighted by molar-refractivity contribution is 6.07. The zero-order valence-corrected chi connectivity index (χ0v) is 26.0. The molecule has 4 fully saturated rings. The molecule has 11 nitrogen and oxygen atoms in total. The van der Waals surface area contributed by atoms with Gasteiger partial charge in [0.2, 0.25) is 5.91 Å². The highest BCUT2D eigenvalue weighted by atomic mass is 16.6. The lowest BCUT2D eigenvalue weighted by molar-refractivity contribution is -0.120. The second-order valence-electron chi connectivity index (χ2n) is 12.9. The third kappa shape index (κ3) is 7.08. The van der Waals surface area contributed by atoms with Crippen molar-refractivity contribution in [3.8, 4) is 5.75 Å². The van der Waals surface area contributed by atoms with Crippen LogP contribution in [0.1, 0.15) is 54.4 Å². The number of urea groups is 1. The van der Waals surface area contributed by atoms with Crippen molar-refractivity contribution in [3.63, 3.8) is 0 Å². The van der Waals surface area contributed by atoms with Gasteiger partial charge in [-0.25, -0.2) is 9.59 Å². The molecule has 45 heavy (non-hydrogen) atoms. The Morgan fingerprint density at radius 2 is 1.64 bits per heavy atom. The van der Waals surface area contributed by atoms with Gasteiger partial charge < -0.3 is 19.3 Å². The van der Waals surface area contributed by atoms with Crippen LogP contribution < -0.4 is 15.0 Å². The molecule has 4 aliphatic rings. The van der Waals surface area contributed by atoms with Gasteiger partial charge in [-0.1, -0.05) is 30.3 Å². The summed E-state index contributed by atoms with van der Waals surface area (Å²) in [6, 6.07) is 14.4. The van der Waals surface area contributed by atoms with Crippen molar-refractivity contribution in [2.24, 2.45) is 11.3 Å². The van der Waals surface area contributed by atoms with E-state index >= 15 is 0 Å². The number of piperidine rings is 1. The summed E-state index contributed by atoms with van der Waals surface area (Å²) in [4.78, 5) is 57.7. The zero-order chi connectivity index (χ0) is 31.4. The number of nitrogens with zero attached hydrogens (tertiary/aromatic N) is 4. The smallest absolute Gasteiger partial charge is 0.410 e. The predicted molar refractivity (Wildman–Crippen MR) is 168 cm³/mol. The fourth-order valence-electron chi connectivity index (χ4n) is 7.30. The van der Waals surface area contributed by atoms with Crippen molar-refractivity contribution < 1.29 is 28.7 Å². The molecule has 2 aromatic rings. The lowest BCUT2D eigenvalue weighted by Gasteiger charge is -2.53. The highest BCUT2D eigenvalue weighted by Gasteiger charge is 2.46. The molecule has 240 valence electrons. The van der Waals surface area contributed by atoms with Gasteiger partial charge in [-0.15, -0.1) is 0 Å². The van der Waals surface area contributed by atoms with E-state index < -0.39 is 6.03 Å². The van der Waals surface area contributed by atoms with Crippen LogP contribution in [0.15, 0.2) is 48.5 Å². The van der Waals surface area contributed by atoms with E-state index in [1.54, 1.807) is 18.2 Å². The summed E-state index contributed by atoms with van der Waals surface area (Å²) < 4.78 is 11.0. The summed E-state index contributed by atoms with van der Waals surface area (Å²) in [6.07, 6.45) is 5.60. The molecule has 0 atom stereocenters. The van der Waals surface area contributed by atoms with Crippen molar-refractivity contribution in [1.82, 2.24) is 20.0 Å². The molecule has 5 amide bonds. The first-order valence-corrected chi connectivity index (χ1v) is 16.1. The maximum absolute atomic E-state index is 13.5. The molecule has 0 unspecified atom stereocenters. The summed E-state index contributed by atoms with van der Waals surface area (Å²) in [5.74, 6) is 0.853. The number of hydrogen-bond acceptors (Lipinski definition) is 7. The normalized spacial score (nSPS) is 20.5. The Morgan fingerprint density at radius 3 is 2.33 bits per heavy atom. The average Bonchev–Trinajstić information content (AvgIpc) is 3.05. The number of anilines is 1. The van der Waals surface area contributed by atoms with Crippen LogP contribution in [0.3, 0.4) is 0 Å². The Labute approximate surface area is 264 Å². The van der Waals surface area contributed by atoms with E-state index in [4.69, 9.17) is 9.47 Å². The number of hydrogen-bond donors (Lipinski definition) is 1. The number of piperazine rings is 1. The van der Waals surface area contributed by atoms with Gasteiger partial charge in [0.05, 0.1) is 12.8 Å². The third-order valence-corrected chi connectivity index (χ3v) is 10.0. The minimum atomic E-state index is -0.505. The van der Waals surface area contributed by atoms with Gasteiger partial charge in [-0.2, -0.15) is 0 Å². The summed E-state index contributed by atoms with van der Waals surface area (Å²) in [7, 11) is 1.52. The van der Waals surface area contributed by atoms with E-state index in [1.165, 1.54) is 31.3 Å². The van der Waals surface area contributed by atoms with Crippen LogP contribution in [0, 0.1) is 11.3 Å². The van der Waals surface area contributed by atoms with Crippen molar-refractivity contribution in [2.75, 3.05) is 64.4 Å². The molecule has 0 bridgehead atoms. The largest absolute Gasteiger partial charge is 0.495 e. The van der Waals surface area contributed by atoms with Gasteiger partial charge in [0, 0.05) is 57.8 Å². The Balaban J connectivity index is 0.915. The summed E-state index contributed by atoms with van der Waals surface area (Å²) in [5.41, 5.74) is 2.35. The molecule has 1 saturated carbocycles. The quantitative estimate of drug-likeness (QED) is 0.475. The van der Waals surface area contributed by atoms with Crippen LogP contribution >= 0.6 is 0 Å². The minimum absolute atomic E-state index is 0.0405. The number of rotatable bonds is 8. The van der Waals surface area contributed by atoms with Gasteiger partial charge in [0.15, 0.2) is 0 Å². The van der Waals surface area contributed by atoms with Crippen molar-refractivity contribution in [3.05, 3.63) is 59.7 Å². The summed E-state index contributed by atoms with van der Waals surface area (Å²) >= 11 is 0. The second-order valence-corrected chi connectivity index (χ2v) is 12.9. The van der Waals surface area contributed by atoms with Gasteiger partial charge >= 0.3 is 12.1 Å². The zero-order valence-electron chi connectivity index (χ0n) is 26.0. The molecule has 1 N–H and O–H groups in total. The molecule has 2 aromatic carbocycles. The maximum atomic E-state index is 13.5. The molecule has 6 rings (SSSR count). The van der Waals surface area contributed by atoms with Gasteiger partial charge in [0.1, 0.15) is 12.4 Å². The van der Waals surface area contributed by atoms with Crippen LogP contribution in [0.25, 0.3) is 0 Å². The molecular formula is C34H43N5O6. The molecule has 0 aromatic heterocycles. The fraction of sp³-hybridized carbons (Fsp3) is 0.529. The van der Waals surface area contributed by atoms with Crippen LogP contribution in [-0.2, 0) is 16.1 Å². The number of carbonyl (C=O) groups excluding carboxylic acids is 4. The summed E-state index contributed by atoms with van der Waals surface area (Å²) in [5, 5.41) is 2.33.